The second-order valence-corrected chi connectivity index (χ2v) is 5.76. The van der Waals surface area contributed by atoms with Gasteiger partial charge in [-0.25, -0.2) is 0 Å². The number of rotatable bonds is 8. The maximum absolute atomic E-state index is 5.79. The van der Waals surface area contributed by atoms with Crippen LogP contribution in [0.3, 0.4) is 0 Å². The lowest BCUT2D eigenvalue weighted by molar-refractivity contribution is 0.313. The summed E-state index contributed by atoms with van der Waals surface area (Å²) < 4.78 is 10.9. The number of ether oxygens (including phenoxy) is 2. The lowest BCUT2D eigenvalue weighted by atomic mass is 10.1. The molecule has 0 aliphatic heterocycles. The molecule has 0 spiro atoms. The molecule has 1 N–H and O–H groups in total. The van der Waals surface area contributed by atoms with E-state index in [1.165, 1.54) is 16.7 Å². The highest BCUT2D eigenvalue weighted by atomic mass is 16.5. The average molecular weight is 333 g/mol. The van der Waals surface area contributed by atoms with Crippen LogP contribution < -0.4 is 14.8 Å². The minimum atomic E-state index is 0.640. The van der Waals surface area contributed by atoms with Crippen LogP contribution in [-0.4, -0.2) is 20.3 Å². The van der Waals surface area contributed by atoms with Crippen molar-refractivity contribution in [2.45, 2.75) is 6.54 Å². The first kappa shape index (κ1) is 17.1. The standard InChI is InChI=1S/C22H23NO2/c1-24-21-11-7-18(8-12-21)17-23-15-16-25-22-13-9-20(10-14-22)19-5-3-2-4-6-19/h2-14,23H,15-17H2,1H3. The molecule has 3 heteroatoms. The van der Waals surface area contributed by atoms with Gasteiger partial charge in [0.25, 0.3) is 0 Å². The molecule has 0 saturated heterocycles. The van der Waals surface area contributed by atoms with E-state index < -0.39 is 0 Å². The van der Waals surface area contributed by atoms with E-state index in [9.17, 15) is 0 Å². The molecule has 3 aromatic carbocycles. The molecule has 0 heterocycles. The first-order valence-electron chi connectivity index (χ1n) is 8.47. The number of hydrogen-bond donors (Lipinski definition) is 1. The summed E-state index contributed by atoms with van der Waals surface area (Å²) in [7, 11) is 1.68. The molecule has 0 atom stereocenters. The topological polar surface area (TPSA) is 30.5 Å². The van der Waals surface area contributed by atoms with Crippen LogP contribution in [0.15, 0.2) is 78.9 Å². The Morgan fingerprint density at radius 1 is 0.720 bits per heavy atom. The van der Waals surface area contributed by atoms with E-state index in [4.69, 9.17) is 9.47 Å². The van der Waals surface area contributed by atoms with Crippen molar-refractivity contribution in [2.75, 3.05) is 20.3 Å². The van der Waals surface area contributed by atoms with E-state index in [2.05, 4.69) is 41.7 Å². The fraction of sp³-hybridized carbons (Fsp3) is 0.182. The van der Waals surface area contributed by atoms with Gasteiger partial charge in [-0.2, -0.15) is 0 Å². The zero-order valence-corrected chi connectivity index (χ0v) is 14.4. The van der Waals surface area contributed by atoms with Gasteiger partial charge < -0.3 is 14.8 Å². The Morgan fingerprint density at radius 3 is 2.04 bits per heavy atom. The maximum Gasteiger partial charge on any atom is 0.119 e. The number of nitrogens with one attached hydrogen (secondary N) is 1. The highest BCUT2D eigenvalue weighted by Crippen LogP contribution is 2.21. The molecule has 0 unspecified atom stereocenters. The highest BCUT2D eigenvalue weighted by Gasteiger charge is 1.99. The highest BCUT2D eigenvalue weighted by molar-refractivity contribution is 5.63. The number of hydrogen-bond acceptors (Lipinski definition) is 3. The quantitative estimate of drug-likeness (QED) is 0.614. The second-order valence-electron chi connectivity index (χ2n) is 5.76. The van der Waals surface area contributed by atoms with Crippen molar-refractivity contribution in [1.29, 1.82) is 0 Å². The predicted molar refractivity (Wildman–Crippen MR) is 102 cm³/mol. The molecular weight excluding hydrogens is 310 g/mol. The van der Waals surface area contributed by atoms with Crippen LogP contribution in [0.1, 0.15) is 5.56 Å². The molecule has 3 nitrogen and oxygen atoms in total. The molecule has 0 saturated carbocycles. The molecule has 0 aromatic heterocycles. The Labute approximate surface area is 149 Å². The normalized spacial score (nSPS) is 10.4. The third kappa shape index (κ3) is 5.10. The molecule has 0 bridgehead atoms. The third-order valence-electron chi connectivity index (χ3n) is 4.00. The second kappa shape index (κ2) is 8.90. The van der Waals surface area contributed by atoms with Gasteiger partial charge >= 0.3 is 0 Å². The lowest BCUT2D eigenvalue weighted by Crippen LogP contribution is -2.20. The van der Waals surface area contributed by atoms with Crippen LogP contribution in [0.2, 0.25) is 0 Å². The van der Waals surface area contributed by atoms with E-state index in [0.29, 0.717) is 6.61 Å². The van der Waals surface area contributed by atoms with E-state index in [0.717, 1.165) is 24.6 Å². The van der Waals surface area contributed by atoms with Crippen LogP contribution >= 0.6 is 0 Å². The molecule has 128 valence electrons. The van der Waals surface area contributed by atoms with Crippen LogP contribution in [0.25, 0.3) is 11.1 Å². The Hall–Kier alpha value is -2.78. The van der Waals surface area contributed by atoms with Gasteiger partial charge in [-0.05, 0) is 41.0 Å². The van der Waals surface area contributed by atoms with E-state index in [1.54, 1.807) is 7.11 Å². The maximum atomic E-state index is 5.79. The van der Waals surface area contributed by atoms with Crippen molar-refractivity contribution < 1.29 is 9.47 Å². The molecule has 25 heavy (non-hydrogen) atoms. The van der Waals surface area contributed by atoms with Gasteiger partial charge in [-0.15, -0.1) is 0 Å². The lowest BCUT2D eigenvalue weighted by Gasteiger charge is -2.09. The molecular formula is C22H23NO2. The first-order chi connectivity index (χ1) is 12.3. The van der Waals surface area contributed by atoms with Crippen LogP contribution in [0.4, 0.5) is 0 Å². The molecule has 3 aromatic rings. The van der Waals surface area contributed by atoms with Crippen molar-refractivity contribution in [3.8, 4) is 22.6 Å². The summed E-state index contributed by atoms with van der Waals surface area (Å²) in [5.41, 5.74) is 3.65. The molecule has 0 aliphatic carbocycles. The summed E-state index contributed by atoms with van der Waals surface area (Å²) >= 11 is 0. The van der Waals surface area contributed by atoms with Gasteiger partial charge in [-0.3, -0.25) is 0 Å². The smallest absolute Gasteiger partial charge is 0.119 e. The third-order valence-corrected chi connectivity index (χ3v) is 4.00. The van der Waals surface area contributed by atoms with E-state index in [-0.39, 0.29) is 0 Å². The van der Waals surface area contributed by atoms with Gasteiger partial charge in [0.05, 0.1) is 7.11 Å². The number of benzene rings is 3. The summed E-state index contributed by atoms with van der Waals surface area (Å²) in [5, 5.41) is 3.38. The van der Waals surface area contributed by atoms with Crippen molar-refractivity contribution in [3.63, 3.8) is 0 Å². The summed E-state index contributed by atoms with van der Waals surface area (Å²) in [4.78, 5) is 0. The Morgan fingerprint density at radius 2 is 1.36 bits per heavy atom. The Kier molecular flexibility index (Phi) is 6.07. The van der Waals surface area contributed by atoms with Crippen molar-refractivity contribution in [3.05, 3.63) is 84.4 Å². The van der Waals surface area contributed by atoms with Crippen LogP contribution in [0.5, 0.6) is 11.5 Å². The molecule has 0 fully saturated rings. The van der Waals surface area contributed by atoms with Crippen molar-refractivity contribution in [1.82, 2.24) is 5.32 Å². The molecule has 0 aliphatic rings. The van der Waals surface area contributed by atoms with Gasteiger partial charge in [0, 0.05) is 13.1 Å². The van der Waals surface area contributed by atoms with Gasteiger partial charge in [0.1, 0.15) is 18.1 Å². The molecule has 0 radical (unpaired) electrons. The Balaban J connectivity index is 1.40. The van der Waals surface area contributed by atoms with Gasteiger partial charge in [-0.1, -0.05) is 54.6 Å². The van der Waals surface area contributed by atoms with Gasteiger partial charge in [0.2, 0.25) is 0 Å². The summed E-state index contributed by atoms with van der Waals surface area (Å²) in [6.07, 6.45) is 0. The van der Waals surface area contributed by atoms with Crippen LogP contribution in [0, 0.1) is 0 Å². The molecule has 3 rings (SSSR count). The average Bonchev–Trinajstić information content (AvgIpc) is 2.69. The fourth-order valence-electron chi connectivity index (χ4n) is 2.59. The minimum absolute atomic E-state index is 0.640. The summed E-state index contributed by atoms with van der Waals surface area (Å²) in [6.45, 7) is 2.26. The van der Waals surface area contributed by atoms with E-state index in [1.807, 2.05) is 42.5 Å². The first-order valence-corrected chi connectivity index (χ1v) is 8.47. The SMILES string of the molecule is COc1ccc(CNCCOc2ccc(-c3ccccc3)cc2)cc1. The number of methoxy groups -OCH3 is 1. The van der Waals surface area contributed by atoms with E-state index >= 15 is 0 Å². The van der Waals surface area contributed by atoms with Crippen molar-refractivity contribution >= 4 is 0 Å². The zero-order chi connectivity index (χ0) is 17.3. The zero-order valence-electron chi connectivity index (χ0n) is 14.4. The monoisotopic (exact) mass is 333 g/mol. The minimum Gasteiger partial charge on any atom is -0.497 e. The van der Waals surface area contributed by atoms with Gasteiger partial charge in [0.15, 0.2) is 0 Å². The van der Waals surface area contributed by atoms with Crippen LogP contribution in [-0.2, 0) is 6.54 Å². The molecule has 0 amide bonds. The summed E-state index contributed by atoms with van der Waals surface area (Å²) in [5.74, 6) is 1.77. The summed E-state index contributed by atoms with van der Waals surface area (Å²) in [6, 6.07) is 26.6. The Bertz CT molecular complexity index is 752. The fourth-order valence-corrected chi connectivity index (χ4v) is 2.59. The van der Waals surface area contributed by atoms with Crippen molar-refractivity contribution in [2.24, 2.45) is 0 Å². The largest absolute Gasteiger partial charge is 0.497 e. The predicted octanol–water partition coefficient (Wildman–Crippen LogP) is 4.53.